The maximum Gasteiger partial charge on any atom is 0.209 e. The highest BCUT2D eigenvalue weighted by Gasteiger charge is 2.46. The van der Waals surface area contributed by atoms with E-state index in [0.29, 0.717) is 0 Å². The van der Waals surface area contributed by atoms with Crippen LogP contribution in [-0.4, -0.2) is 14.7 Å². The van der Waals surface area contributed by atoms with E-state index in [1.807, 2.05) is 0 Å². The Hall–Kier alpha value is -0.940. The third-order valence-corrected chi connectivity index (χ3v) is 3.29. The van der Waals surface area contributed by atoms with Crippen LogP contribution in [0.3, 0.4) is 0 Å². The van der Waals surface area contributed by atoms with Crippen molar-refractivity contribution >= 4 is 10.0 Å². The highest BCUT2D eigenvalue weighted by molar-refractivity contribution is 7.88. The van der Waals surface area contributed by atoms with Gasteiger partial charge in [0.05, 0.1) is 11.8 Å². The summed E-state index contributed by atoms with van der Waals surface area (Å²) in [4.78, 5) is 0. The van der Waals surface area contributed by atoms with Gasteiger partial charge in [-0.15, -0.1) is 0 Å². The zero-order valence-corrected chi connectivity index (χ0v) is 9.14. The summed E-state index contributed by atoms with van der Waals surface area (Å²) >= 11 is 0. The normalized spacial score (nSPS) is 18.8. The molecular weight excluding hydrogens is 217 g/mol. The summed E-state index contributed by atoms with van der Waals surface area (Å²) in [6.45, 7) is 0. The molecule has 1 fully saturated rings. The lowest BCUT2D eigenvalue weighted by molar-refractivity contribution is 0.556. The van der Waals surface area contributed by atoms with Crippen molar-refractivity contribution in [3.8, 4) is 0 Å². The van der Waals surface area contributed by atoms with Crippen LogP contribution in [0.4, 0.5) is 4.39 Å². The third kappa shape index (κ3) is 2.35. The monoisotopic (exact) mass is 229 g/mol. The van der Waals surface area contributed by atoms with E-state index in [1.54, 1.807) is 12.1 Å². The largest absolute Gasteiger partial charge is 0.213 e. The summed E-state index contributed by atoms with van der Waals surface area (Å²) in [6, 6.07) is 5.94. The molecule has 1 N–H and O–H groups in total. The van der Waals surface area contributed by atoms with Crippen LogP contribution in [0.2, 0.25) is 0 Å². The molecule has 0 atom stereocenters. The molecule has 2 rings (SSSR count). The van der Waals surface area contributed by atoms with Gasteiger partial charge in [0.1, 0.15) is 5.82 Å². The molecule has 0 radical (unpaired) electrons. The second-order valence-corrected chi connectivity index (χ2v) is 5.71. The number of sulfonamides is 1. The number of nitrogens with one attached hydrogen (secondary N) is 1. The number of benzene rings is 1. The molecule has 1 saturated carbocycles. The average molecular weight is 229 g/mol. The number of hydrogen-bond donors (Lipinski definition) is 1. The molecule has 5 heteroatoms. The van der Waals surface area contributed by atoms with Gasteiger partial charge in [-0.3, -0.25) is 0 Å². The van der Waals surface area contributed by atoms with E-state index in [0.717, 1.165) is 24.7 Å². The minimum absolute atomic E-state index is 0.311. The average Bonchev–Trinajstić information content (AvgIpc) is 2.83. The van der Waals surface area contributed by atoms with E-state index in [9.17, 15) is 12.8 Å². The van der Waals surface area contributed by atoms with Crippen molar-refractivity contribution in [1.82, 2.24) is 4.72 Å². The Morgan fingerprint density at radius 3 is 2.20 bits per heavy atom. The second-order valence-electron chi connectivity index (χ2n) is 3.96. The minimum Gasteiger partial charge on any atom is -0.213 e. The van der Waals surface area contributed by atoms with Crippen molar-refractivity contribution in [3.05, 3.63) is 35.6 Å². The standard InChI is InChI=1S/C10H12FNO2S/c1-15(13,14)12-10(6-7-10)8-2-4-9(11)5-3-8/h2-5,12H,6-7H2,1H3. The van der Waals surface area contributed by atoms with Gasteiger partial charge in [0.15, 0.2) is 0 Å². The van der Waals surface area contributed by atoms with Crippen molar-refractivity contribution in [1.29, 1.82) is 0 Å². The molecular formula is C10H12FNO2S. The van der Waals surface area contributed by atoms with Crippen LogP contribution < -0.4 is 4.72 Å². The van der Waals surface area contributed by atoms with Gasteiger partial charge >= 0.3 is 0 Å². The van der Waals surface area contributed by atoms with Gasteiger partial charge < -0.3 is 0 Å². The van der Waals surface area contributed by atoms with Gasteiger partial charge in [-0.1, -0.05) is 12.1 Å². The number of rotatable bonds is 3. The Bertz CT molecular complexity index is 463. The molecule has 0 aliphatic heterocycles. The fourth-order valence-corrected chi connectivity index (χ4v) is 2.73. The Kier molecular flexibility index (Phi) is 2.31. The Labute approximate surface area is 88.4 Å². The zero-order valence-electron chi connectivity index (χ0n) is 8.33. The van der Waals surface area contributed by atoms with Crippen molar-refractivity contribution in [2.24, 2.45) is 0 Å². The summed E-state index contributed by atoms with van der Waals surface area (Å²) in [6.07, 6.45) is 2.67. The smallest absolute Gasteiger partial charge is 0.209 e. The summed E-state index contributed by atoms with van der Waals surface area (Å²) in [5, 5.41) is 0. The summed E-state index contributed by atoms with van der Waals surface area (Å²) in [7, 11) is -3.22. The van der Waals surface area contributed by atoms with Gasteiger partial charge in [-0.2, -0.15) is 0 Å². The quantitative estimate of drug-likeness (QED) is 0.850. The molecule has 1 aromatic carbocycles. The Morgan fingerprint density at radius 1 is 1.27 bits per heavy atom. The van der Waals surface area contributed by atoms with Crippen LogP contribution in [0.5, 0.6) is 0 Å². The first-order valence-corrected chi connectivity index (χ1v) is 6.55. The molecule has 82 valence electrons. The van der Waals surface area contributed by atoms with Crippen LogP contribution >= 0.6 is 0 Å². The maximum absolute atomic E-state index is 12.7. The molecule has 0 spiro atoms. The lowest BCUT2D eigenvalue weighted by Gasteiger charge is -2.15. The third-order valence-electron chi connectivity index (χ3n) is 2.53. The molecule has 0 saturated heterocycles. The van der Waals surface area contributed by atoms with Crippen LogP contribution in [0.1, 0.15) is 18.4 Å². The van der Waals surface area contributed by atoms with Crippen LogP contribution in [0, 0.1) is 5.82 Å². The fraction of sp³-hybridized carbons (Fsp3) is 0.400. The van der Waals surface area contributed by atoms with Gasteiger partial charge in [-0.05, 0) is 30.5 Å². The van der Waals surface area contributed by atoms with E-state index in [2.05, 4.69) is 4.72 Å². The predicted molar refractivity (Wildman–Crippen MR) is 55.3 cm³/mol. The van der Waals surface area contributed by atoms with Crippen molar-refractivity contribution in [2.75, 3.05) is 6.26 Å². The summed E-state index contributed by atoms with van der Waals surface area (Å²) in [5.74, 6) is -0.311. The molecule has 1 aliphatic rings. The highest BCUT2D eigenvalue weighted by Crippen LogP contribution is 2.45. The van der Waals surface area contributed by atoms with Gasteiger partial charge in [0.2, 0.25) is 10.0 Å². The van der Waals surface area contributed by atoms with Gasteiger partial charge in [0.25, 0.3) is 0 Å². The number of hydrogen-bond acceptors (Lipinski definition) is 2. The molecule has 0 unspecified atom stereocenters. The molecule has 0 bridgehead atoms. The molecule has 3 nitrogen and oxygen atoms in total. The lowest BCUT2D eigenvalue weighted by atomic mass is 10.1. The van der Waals surface area contributed by atoms with Crippen LogP contribution in [0.15, 0.2) is 24.3 Å². The van der Waals surface area contributed by atoms with Gasteiger partial charge in [0, 0.05) is 0 Å². The van der Waals surface area contributed by atoms with E-state index in [1.165, 1.54) is 12.1 Å². The highest BCUT2D eigenvalue weighted by atomic mass is 32.2. The SMILES string of the molecule is CS(=O)(=O)NC1(c2ccc(F)cc2)CC1. The Morgan fingerprint density at radius 2 is 1.80 bits per heavy atom. The zero-order chi connectivity index (χ0) is 11.1. The van der Waals surface area contributed by atoms with E-state index >= 15 is 0 Å². The summed E-state index contributed by atoms with van der Waals surface area (Å²) < 4.78 is 37.6. The Balaban J connectivity index is 2.27. The molecule has 1 aliphatic carbocycles. The molecule has 0 amide bonds. The van der Waals surface area contributed by atoms with E-state index in [4.69, 9.17) is 0 Å². The minimum atomic E-state index is -3.22. The van der Waals surface area contributed by atoms with E-state index in [-0.39, 0.29) is 5.82 Å². The summed E-state index contributed by atoms with van der Waals surface area (Å²) in [5.41, 5.74) is 0.343. The first-order chi connectivity index (χ1) is 6.91. The molecule has 0 aromatic heterocycles. The molecule has 15 heavy (non-hydrogen) atoms. The van der Waals surface area contributed by atoms with Crippen LogP contribution in [0.25, 0.3) is 0 Å². The molecule has 1 aromatic rings. The van der Waals surface area contributed by atoms with Crippen LogP contribution in [-0.2, 0) is 15.6 Å². The molecule has 0 heterocycles. The van der Waals surface area contributed by atoms with Crippen molar-refractivity contribution in [3.63, 3.8) is 0 Å². The van der Waals surface area contributed by atoms with Gasteiger partial charge in [-0.25, -0.2) is 17.5 Å². The maximum atomic E-state index is 12.7. The number of halogens is 1. The lowest BCUT2D eigenvalue weighted by Crippen LogP contribution is -2.33. The fourth-order valence-electron chi connectivity index (χ4n) is 1.70. The topological polar surface area (TPSA) is 46.2 Å². The first kappa shape index (κ1) is 10.6. The van der Waals surface area contributed by atoms with E-state index < -0.39 is 15.6 Å². The first-order valence-electron chi connectivity index (χ1n) is 4.66. The predicted octanol–water partition coefficient (Wildman–Crippen LogP) is 1.36. The van der Waals surface area contributed by atoms with Crippen molar-refractivity contribution < 1.29 is 12.8 Å². The second kappa shape index (κ2) is 3.28. The van der Waals surface area contributed by atoms with Crippen molar-refractivity contribution in [2.45, 2.75) is 18.4 Å².